The Balaban J connectivity index is 3.91. The van der Waals surface area contributed by atoms with Crippen LogP contribution in [0.15, 0.2) is 0 Å². The van der Waals surface area contributed by atoms with Crippen LogP contribution in [0.1, 0.15) is 117 Å². The molecular weight excluding hydrogens is 356 g/mol. The largest absolute Gasteiger partial charge is 0.457 e. The monoisotopic (exact) mass is 400 g/mol. The van der Waals surface area contributed by atoms with E-state index in [1.54, 1.807) is 0 Å². The van der Waals surface area contributed by atoms with E-state index in [9.17, 15) is 19.8 Å². The Labute approximate surface area is 172 Å². The van der Waals surface area contributed by atoms with Crippen molar-refractivity contribution in [1.82, 2.24) is 0 Å². The van der Waals surface area contributed by atoms with E-state index >= 15 is 0 Å². The quantitative estimate of drug-likeness (QED) is 0.219. The van der Waals surface area contributed by atoms with Crippen molar-refractivity contribution >= 4 is 11.8 Å². The predicted molar refractivity (Wildman–Crippen MR) is 113 cm³/mol. The highest BCUT2D eigenvalue weighted by Gasteiger charge is 2.28. The number of carbonyl (C=O) groups is 2. The Bertz CT molecular complexity index is 383. The summed E-state index contributed by atoms with van der Waals surface area (Å²) in [6.45, 7) is 3.83. The second kappa shape index (κ2) is 19.4. The van der Waals surface area contributed by atoms with Crippen molar-refractivity contribution in [2.24, 2.45) is 0 Å². The molecule has 0 aromatic heterocycles. The molecule has 1 unspecified atom stereocenters. The molecule has 0 aromatic rings. The third-order valence-electron chi connectivity index (χ3n) is 5.16. The number of ether oxygens (including phenoxy) is 1. The van der Waals surface area contributed by atoms with E-state index in [0.717, 1.165) is 38.5 Å². The summed E-state index contributed by atoms with van der Waals surface area (Å²) in [4.78, 5) is 24.0. The third-order valence-corrected chi connectivity index (χ3v) is 5.16. The number of aliphatic hydroxyl groups excluding tert-OH is 2. The first kappa shape index (κ1) is 27.1. The Morgan fingerprint density at radius 3 is 1.61 bits per heavy atom. The van der Waals surface area contributed by atoms with Crippen molar-refractivity contribution < 1.29 is 24.5 Å². The van der Waals surface area contributed by atoms with Gasteiger partial charge in [0.05, 0.1) is 6.61 Å². The number of unbranched alkanes of at least 4 members (excludes halogenated alkanes) is 12. The maximum Gasteiger partial charge on any atom is 0.306 e. The van der Waals surface area contributed by atoms with Gasteiger partial charge in [0, 0.05) is 12.8 Å². The molecule has 0 saturated carbocycles. The van der Waals surface area contributed by atoms with E-state index < -0.39 is 24.8 Å². The summed E-state index contributed by atoms with van der Waals surface area (Å²) in [5.41, 5.74) is 0. The average molecular weight is 401 g/mol. The highest BCUT2D eigenvalue weighted by Crippen LogP contribution is 2.13. The smallest absolute Gasteiger partial charge is 0.306 e. The number of esters is 1. The number of ketones is 1. The van der Waals surface area contributed by atoms with Gasteiger partial charge in [-0.3, -0.25) is 9.59 Å². The van der Waals surface area contributed by atoms with Crippen molar-refractivity contribution in [2.45, 2.75) is 129 Å². The van der Waals surface area contributed by atoms with Crippen LogP contribution in [-0.2, 0) is 14.3 Å². The van der Waals surface area contributed by atoms with Crippen LogP contribution >= 0.6 is 0 Å². The van der Waals surface area contributed by atoms with Crippen molar-refractivity contribution in [3.63, 3.8) is 0 Å². The van der Waals surface area contributed by atoms with Crippen LogP contribution < -0.4 is 0 Å². The fraction of sp³-hybridized carbons (Fsp3) is 0.913. The number of carbonyl (C=O) groups excluding carboxylic acids is 2. The number of hydrogen-bond donors (Lipinski definition) is 2. The predicted octanol–water partition coefficient (Wildman–Crippen LogP) is 5.10. The van der Waals surface area contributed by atoms with Crippen LogP contribution in [0.5, 0.6) is 0 Å². The van der Waals surface area contributed by atoms with Gasteiger partial charge in [0.15, 0.2) is 18.0 Å². The lowest BCUT2D eigenvalue weighted by atomic mass is 10.0. The SMILES string of the molecule is CCCCCCCCCC(=O)O[C@@H](CO)C(O)C(=O)CCCCCCCCC. The maximum atomic E-state index is 12.1. The summed E-state index contributed by atoms with van der Waals surface area (Å²) in [6.07, 6.45) is 13.3. The number of hydrogen-bond acceptors (Lipinski definition) is 5. The zero-order valence-corrected chi connectivity index (χ0v) is 18.3. The summed E-state index contributed by atoms with van der Waals surface area (Å²) in [7, 11) is 0. The Kier molecular flexibility index (Phi) is 18.7. The van der Waals surface area contributed by atoms with Gasteiger partial charge >= 0.3 is 5.97 Å². The minimum atomic E-state index is -1.43. The molecule has 5 nitrogen and oxygen atoms in total. The van der Waals surface area contributed by atoms with E-state index in [2.05, 4.69) is 13.8 Å². The molecule has 28 heavy (non-hydrogen) atoms. The van der Waals surface area contributed by atoms with Crippen LogP contribution in [0, 0.1) is 0 Å². The van der Waals surface area contributed by atoms with Gasteiger partial charge in [0.2, 0.25) is 0 Å². The van der Waals surface area contributed by atoms with Gasteiger partial charge in [-0.05, 0) is 12.8 Å². The molecule has 2 N–H and O–H groups in total. The van der Waals surface area contributed by atoms with Gasteiger partial charge in [-0.15, -0.1) is 0 Å². The molecule has 0 amide bonds. The van der Waals surface area contributed by atoms with E-state index in [4.69, 9.17) is 4.74 Å². The maximum absolute atomic E-state index is 12.1. The zero-order chi connectivity index (χ0) is 21.0. The summed E-state index contributed by atoms with van der Waals surface area (Å²) in [5, 5.41) is 19.5. The molecule has 0 heterocycles. The van der Waals surface area contributed by atoms with Gasteiger partial charge in [-0.1, -0.05) is 90.9 Å². The first-order chi connectivity index (χ1) is 13.6. The Hall–Kier alpha value is -0.940. The number of Topliss-reactive ketones (excluding diaryl/α,β-unsaturated/α-hetero) is 1. The minimum Gasteiger partial charge on any atom is -0.457 e. The van der Waals surface area contributed by atoms with Gasteiger partial charge in [0.25, 0.3) is 0 Å². The van der Waals surface area contributed by atoms with Gasteiger partial charge in [0.1, 0.15) is 0 Å². The fourth-order valence-corrected chi connectivity index (χ4v) is 3.27. The van der Waals surface area contributed by atoms with Crippen LogP contribution in [0.3, 0.4) is 0 Å². The van der Waals surface area contributed by atoms with Crippen LogP contribution in [0.4, 0.5) is 0 Å². The first-order valence-corrected chi connectivity index (χ1v) is 11.6. The molecule has 0 bridgehead atoms. The third kappa shape index (κ3) is 15.0. The van der Waals surface area contributed by atoms with Crippen molar-refractivity contribution in [2.75, 3.05) is 6.61 Å². The first-order valence-electron chi connectivity index (χ1n) is 11.6. The molecule has 0 rings (SSSR count). The van der Waals surface area contributed by atoms with E-state index in [0.29, 0.717) is 0 Å². The second-order valence-electron chi connectivity index (χ2n) is 7.86. The lowest BCUT2D eigenvalue weighted by molar-refractivity contribution is -0.161. The van der Waals surface area contributed by atoms with Crippen LogP contribution in [0.2, 0.25) is 0 Å². The lowest BCUT2D eigenvalue weighted by Crippen LogP contribution is -2.40. The summed E-state index contributed by atoms with van der Waals surface area (Å²) < 4.78 is 5.14. The molecular formula is C23H44O5. The van der Waals surface area contributed by atoms with Gasteiger partial charge in [-0.2, -0.15) is 0 Å². The molecule has 0 aliphatic heterocycles. The van der Waals surface area contributed by atoms with Crippen molar-refractivity contribution in [3.05, 3.63) is 0 Å². The van der Waals surface area contributed by atoms with E-state index in [-0.39, 0.29) is 18.6 Å². The van der Waals surface area contributed by atoms with Gasteiger partial charge < -0.3 is 14.9 Å². The van der Waals surface area contributed by atoms with Crippen LogP contribution in [0.25, 0.3) is 0 Å². The minimum absolute atomic E-state index is 0.265. The van der Waals surface area contributed by atoms with E-state index in [1.165, 1.54) is 51.4 Å². The van der Waals surface area contributed by atoms with Crippen molar-refractivity contribution in [1.29, 1.82) is 0 Å². The average Bonchev–Trinajstić information content (AvgIpc) is 2.70. The number of rotatable bonds is 20. The molecule has 0 fully saturated rings. The number of aliphatic hydroxyl groups is 2. The summed E-state index contributed by atoms with van der Waals surface area (Å²) in [6, 6.07) is 0. The molecule has 0 saturated heterocycles. The standard InChI is InChI=1S/C23H44O5/c1-3-5-7-9-11-13-15-17-20(25)23(27)21(19-24)28-22(26)18-16-14-12-10-8-6-4-2/h21,23-24,27H,3-19H2,1-2H3/t21-,23?/m0/s1. The van der Waals surface area contributed by atoms with Gasteiger partial charge in [-0.25, -0.2) is 0 Å². The topological polar surface area (TPSA) is 83.8 Å². The van der Waals surface area contributed by atoms with E-state index in [1.807, 2.05) is 0 Å². The normalized spacial score (nSPS) is 13.3. The highest BCUT2D eigenvalue weighted by molar-refractivity contribution is 5.83. The summed E-state index contributed by atoms with van der Waals surface area (Å²) >= 11 is 0. The molecule has 0 radical (unpaired) electrons. The second-order valence-corrected chi connectivity index (χ2v) is 7.86. The van der Waals surface area contributed by atoms with Crippen LogP contribution in [-0.4, -0.2) is 40.8 Å². The summed E-state index contributed by atoms with van der Waals surface area (Å²) in [5.74, 6) is -0.799. The molecule has 0 aliphatic carbocycles. The highest BCUT2D eigenvalue weighted by atomic mass is 16.6. The molecule has 0 aliphatic rings. The molecule has 2 atom stereocenters. The Morgan fingerprint density at radius 2 is 1.14 bits per heavy atom. The molecule has 0 aromatic carbocycles. The van der Waals surface area contributed by atoms with Crippen molar-refractivity contribution in [3.8, 4) is 0 Å². The molecule has 5 heteroatoms. The lowest BCUT2D eigenvalue weighted by Gasteiger charge is -2.20. The Morgan fingerprint density at radius 1 is 0.714 bits per heavy atom. The fourth-order valence-electron chi connectivity index (χ4n) is 3.27. The molecule has 166 valence electrons. The molecule has 0 spiro atoms. The zero-order valence-electron chi connectivity index (χ0n) is 18.3.